The monoisotopic (exact) mass is 291 g/mol. The van der Waals surface area contributed by atoms with Gasteiger partial charge in [-0.15, -0.1) is 0 Å². The Bertz CT molecular complexity index is 449. The first-order valence-corrected chi connectivity index (χ1v) is 7.79. The standard InChI is InChI=1S/C17H29N3O/c1-16(2)14-20(12-11-19(16)3)10-9-17(21,13-18)15-7-5-4-6-8-15/h4-8,21H,9-14,18H2,1-3H3. The van der Waals surface area contributed by atoms with Gasteiger partial charge < -0.3 is 15.7 Å². The average molecular weight is 291 g/mol. The molecule has 0 aromatic heterocycles. The first-order chi connectivity index (χ1) is 9.87. The quantitative estimate of drug-likeness (QED) is 0.857. The van der Waals surface area contributed by atoms with Gasteiger partial charge in [0.2, 0.25) is 0 Å². The topological polar surface area (TPSA) is 52.7 Å². The lowest BCUT2D eigenvalue weighted by molar-refractivity contribution is -0.000157. The Balaban J connectivity index is 1.98. The second-order valence-electron chi connectivity index (χ2n) is 6.86. The van der Waals surface area contributed by atoms with Crippen molar-refractivity contribution in [1.82, 2.24) is 9.80 Å². The molecule has 2 rings (SSSR count). The number of nitrogens with two attached hydrogens (primary N) is 1. The maximum absolute atomic E-state index is 10.8. The van der Waals surface area contributed by atoms with Gasteiger partial charge in [-0.05, 0) is 32.9 Å². The van der Waals surface area contributed by atoms with Crippen LogP contribution in [0.25, 0.3) is 0 Å². The summed E-state index contributed by atoms with van der Waals surface area (Å²) in [5.74, 6) is 0. The first kappa shape index (κ1) is 16.4. The number of hydrogen-bond donors (Lipinski definition) is 2. The molecule has 1 aliphatic heterocycles. The van der Waals surface area contributed by atoms with Crippen molar-refractivity contribution in [3.63, 3.8) is 0 Å². The maximum atomic E-state index is 10.8. The zero-order valence-corrected chi connectivity index (χ0v) is 13.5. The van der Waals surface area contributed by atoms with Crippen molar-refractivity contribution in [2.75, 3.05) is 39.8 Å². The maximum Gasteiger partial charge on any atom is 0.103 e. The SMILES string of the molecule is CN1CCN(CCC(O)(CN)c2ccccc2)CC1(C)C. The highest BCUT2D eigenvalue weighted by Crippen LogP contribution is 2.26. The van der Waals surface area contributed by atoms with Crippen LogP contribution in [-0.4, -0.2) is 60.2 Å². The minimum atomic E-state index is -0.922. The van der Waals surface area contributed by atoms with Crippen LogP contribution in [-0.2, 0) is 5.60 Å². The van der Waals surface area contributed by atoms with Gasteiger partial charge >= 0.3 is 0 Å². The molecule has 118 valence electrons. The average Bonchev–Trinajstić information content (AvgIpc) is 2.49. The van der Waals surface area contributed by atoms with E-state index in [1.807, 2.05) is 30.3 Å². The van der Waals surface area contributed by atoms with E-state index in [0.717, 1.165) is 31.7 Å². The Kier molecular flexibility index (Phi) is 5.04. The summed E-state index contributed by atoms with van der Waals surface area (Å²) in [5, 5.41) is 10.8. The highest BCUT2D eigenvalue weighted by Gasteiger charge is 2.33. The summed E-state index contributed by atoms with van der Waals surface area (Å²) in [5.41, 5.74) is 6.04. The molecule has 0 aliphatic carbocycles. The van der Waals surface area contributed by atoms with E-state index < -0.39 is 5.60 Å². The Morgan fingerprint density at radius 3 is 2.48 bits per heavy atom. The van der Waals surface area contributed by atoms with Gasteiger partial charge in [0.15, 0.2) is 0 Å². The van der Waals surface area contributed by atoms with Crippen LogP contribution in [0.15, 0.2) is 30.3 Å². The van der Waals surface area contributed by atoms with Crippen molar-refractivity contribution in [1.29, 1.82) is 0 Å². The molecule has 3 N–H and O–H groups in total. The Morgan fingerprint density at radius 1 is 1.24 bits per heavy atom. The van der Waals surface area contributed by atoms with Gasteiger partial charge in [0.1, 0.15) is 5.60 Å². The van der Waals surface area contributed by atoms with E-state index in [4.69, 9.17) is 5.73 Å². The molecular formula is C17H29N3O. The molecule has 1 aromatic carbocycles. The minimum Gasteiger partial charge on any atom is -0.384 e. The third-order valence-electron chi connectivity index (χ3n) is 4.89. The van der Waals surface area contributed by atoms with Gasteiger partial charge in [0, 0.05) is 38.3 Å². The molecule has 4 nitrogen and oxygen atoms in total. The van der Waals surface area contributed by atoms with E-state index in [1.165, 1.54) is 0 Å². The van der Waals surface area contributed by atoms with Crippen LogP contribution < -0.4 is 5.73 Å². The van der Waals surface area contributed by atoms with Gasteiger partial charge in [-0.25, -0.2) is 0 Å². The summed E-state index contributed by atoms with van der Waals surface area (Å²) < 4.78 is 0. The molecule has 1 heterocycles. The van der Waals surface area contributed by atoms with E-state index in [1.54, 1.807) is 0 Å². The van der Waals surface area contributed by atoms with Crippen molar-refractivity contribution >= 4 is 0 Å². The fourth-order valence-corrected chi connectivity index (χ4v) is 2.99. The van der Waals surface area contributed by atoms with E-state index in [2.05, 4.69) is 30.7 Å². The van der Waals surface area contributed by atoms with Gasteiger partial charge in [0.25, 0.3) is 0 Å². The van der Waals surface area contributed by atoms with E-state index in [0.29, 0.717) is 6.42 Å². The summed E-state index contributed by atoms with van der Waals surface area (Å²) in [6.45, 7) is 8.82. The summed E-state index contributed by atoms with van der Waals surface area (Å²) >= 11 is 0. The number of rotatable bonds is 5. The predicted molar refractivity (Wildman–Crippen MR) is 87.2 cm³/mol. The molecule has 1 aliphatic rings. The molecule has 0 saturated carbocycles. The molecule has 0 radical (unpaired) electrons. The first-order valence-electron chi connectivity index (χ1n) is 7.79. The van der Waals surface area contributed by atoms with Crippen LogP contribution in [0.4, 0.5) is 0 Å². The van der Waals surface area contributed by atoms with Crippen LogP contribution in [0, 0.1) is 0 Å². The van der Waals surface area contributed by atoms with Gasteiger partial charge in [-0.3, -0.25) is 4.90 Å². The smallest absolute Gasteiger partial charge is 0.103 e. The number of benzene rings is 1. The zero-order valence-electron chi connectivity index (χ0n) is 13.5. The largest absolute Gasteiger partial charge is 0.384 e. The molecule has 21 heavy (non-hydrogen) atoms. The molecule has 0 bridgehead atoms. The second-order valence-corrected chi connectivity index (χ2v) is 6.86. The lowest BCUT2D eigenvalue weighted by Crippen LogP contribution is -2.58. The van der Waals surface area contributed by atoms with Crippen molar-refractivity contribution in [3.05, 3.63) is 35.9 Å². The van der Waals surface area contributed by atoms with E-state index in [-0.39, 0.29) is 12.1 Å². The Labute approximate surface area is 128 Å². The number of piperazine rings is 1. The minimum absolute atomic E-state index is 0.186. The molecule has 1 unspecified atom stereocenters. The lowest BCUT2D eigenvalue weighted by Gasteiger charge is -2.46. The van der Waals surface area contributed by atoms with Gasteiger partial charge in [0.05, 0.1) is 0 Å². The van der Waals surface area contributed by atoms with Crippen molar-refractivity contribution < 1.29 is 5.11 Å². The summed E-state index contributed by atoms with van der Waals surface area (Å²) in [6.07, 6.45) is 0.674. The van der Waals surface area contributed by atoms with Crippen LogP contribution in [0.2, 0.25) is 0 Å². The Hall–Kier alpha value is -0.940. The number of likely N-dealkylation sites (N-methyl/N-ethyl adjacent to an activating group) is 1. The highest BCUT2D eigenvalue weighted by molar-refractivity contribution is 5.22. The predicted octanol–water partition coefficient (Wildman–Crippen LogP) is 1.25. The van der Waals surface area contributed by atoms with Gasteiger partial charge in [-0.1, -0.05) is 30.3 Å². The van der Waals surface area contributed by atoms with Crippen LogP contribution >= 0.6 is 0 Å². The van der Waals surface area contributed by atoms with Crippen LogP contribution in [0.5, 0.6) is 0 Å². The van der Waals surface area contributed by atoms with E-state index >= 15 is 0 Å². The summed E-state index contributed by atoms with van der Waals surface area (Å²) in [4.78, 5) is 4.83. The molecule has 1 saturated heterocycles. The van der Waals surface area contributed by atoms with Crippen LogP contribution in [0.3, 0.4) is 0 Å². The summed E-state index contributed by atoms with van der Waals surface area (Å²) in [6, 6.07) is 9.79. The normalized spacial score (nSPS) is 22.9. The molecule has 1 atom stereocenters. The summed E-state index contributed by atoms with van der Waals surface area (Å²) in [7, 11) is 2.18. The fourth-order valence-electron chi connectivity index (χ4n) is 2.99. The number of nitrogens with zero attached hydrogens (tertiary/aromatic N) is 2. The molecular weight excluding hydrogens is 262 g/mol. The van der Waals surface area contributed by atoms with E-state index in [9.17, 15) is 5.11 Å². The molecule has 4 heteroatoms. The fraction of sp³-hybridized carbons (Fsp3) is 0.647. The second kappa shape index (κ2) is 6.44. The van der Waals surface area contributed by atoms with Crippen LogP contribution in [0.1, 0.15) is 25.8 Å². The van der Waals surface area contributed by atoms with Crippen molar-refractivity contribution in [2.24, 2.45) is 5.73 Å². The third-order valence-corrected chi connectivity index (χ3v) is 4.89. The number of hydrogen-bond acceptors (Lipinski definition) is 4. The Morgan fingerprint density at radius 2 is 1.90 bits per heavy atom. The molecule has 1 fully saturated rings. The zero-order chi connectivity index (χ0) is 15.5. The number of aliphatic hydroxyl groups is 1. The third kappa shape index (κ3) is 3.83. The molecule has 0 spiro atoms. The lowest BCUT2D eigenvalue weighted by atomic mass is 9.89. The van der Waals surface area contributed by atoms with Crippen molar-refractivity contribution in [3.8, 4) is 0 Å². The molecule has 0 amide bonds. The van der Waals surface area contributed by atoms with Gasteiger partial charge in [-0.2, -0.15) is 0 Å². The van der Waals surface area contributed by atoms with Crippen molar-refractivity contribution in [2.45, 2.75) is 31.4 Å². The molecule has 1 aromatic rings. The highest BCUT2D eigenvalue weighted by atomic mass is 16.3.